The van der Waals surface area contributed by atoms with Gasteiger partial charge in [0.05, 0.1) is 31.9 Å². The van der Waals surface area contributed by atoms with Crippen LogP contribution in [0.25, 0.3) is 21.7 Å². The van der Waals surface area contributed by atoms with Gasteiger partial charge in [-0.25, -0.2) is 4.39 Å². The van der Waals surface area contributed by atoms with Crippen LogP contribution in [0.2, 0.25) is 0 Å². The van der Waals surface area contributed by atoms with Gasteiger partial charge in [-0.1, -0.05) is 0 Å². The van der Waals surface area contributed by atoms with Crippen LogP contribution in [0.5, 0.6) is 17.2 Å². The number of ether oxygens (including phenoxy) is 3. The van der Waals surface area contributed by atoms with E-state index in [0.717, 1.165) is 21.7 Å². The summed E-state index contributed by atoms with van der Waals surface area (Å²) in [6, 6.07) is 11.9. The first-order chi connectivity index (χ1) is 11.7. The molecule has 0 aliphatic rings. The van der Waals surface area contributed by atoms with Crippen LogP contribution in [0.1, 0.15) is 0 Å². The number of halogens is 1. The Morgan fingerprint density at radius 2 is 1.46 bits per heavy atom. The number of nitrogens with zero attached hydrogens (tertiary/aromatic N) is 1. The van der Waals surface area contributed by atoms with Crippen LogP contribution in [0.3, 0.4) is 0 Å². The molecule has 1 aromatic heterocycles. The van der Waals surface area contributed by atoms with Crippen molar-refractivity contribution in [3.8, 4) is 38.9 Å². The molecule has 0 bridgehead atoms. The molecule has 0 spiro atoms. The minimum absolute atomic E-state index is 0.268. The molecule has 0 amide bonds. The molecule has 124 valence electrons. The van der Waals surface area contributed by atoms with Crippen LogP contribution in [-0.2, 0) is 0 Å². The zero-order valence-electron chi connectivity index (χ0n) is 13.5. The molecule has 0 fully saturated rings. The van der Waals surface area contributed by atoms with Crippen molar-refractivity contribution in [3.05, 3.63) is 48.3 Å². The third-order valence-electron chi connectivity index (χ3n) is 3.62. The Labute approximate surface area is 143 Å². The van der Waals surface area contributed by atoms with E-state index >= 15 is 0 Å². The lowest BCUT2D eigenvalue weighted by atomic mass is 10.1. The summed E-state index contributed by atoms with van der Waals surface area (Å²) in [5.41, 5.74) is 2.51. The Bertz CT molecular complexity index is 846. The highest BCUT2D eigenvalue weighted by molar-refractivity contribution is 7.09. The molecule has 24 heavy (non-hydrogen) atoms. The number of aromatic nitrogens is 1. The minimum atomic E-state index is -0.268. The predicted octanol–water partition coefficient (Wildman–Crippen LogP) is 4.64. The first-order valence-electron chi connectivity index (χ1n) is 7.19. The third-order valence-corrected chi connectivity index (χ3v) is 4.44. The number of hydrogen-bond donors (Lipinski definition) is 0. The molecule has 4 nitrogen and oxygen atoms in total. The third kappa shape index (κ3) is 3.05. The lowest BCUT2D eigenvalue weighted by Crippen LogP contribution is -1.94. The summed E-state index contributed by atoms with van der Waals surface area (Å²) in [4.78, 5) is 0.923. The van der Waals surface area contributed by atoms with Crippen molar-refractivity contribution in [3.63, 3.8) is 0 Å². The molecule has 0 atom stereocenters. The van der Waals surface area contributed by atoms with E-state index in [1.807, 2.05) is 12.1 Å². The largest absolute Gasteiger partial charge is 0.496 e. The molecule has 0 N–H and O–H groups in total. The van der Waals surface area contributed by atoms with Crippen LogP contribution in [0, 0.1) is 5.82 Å². The molecule has 0 saturated carbocycles. The Balaban J connectivity index is 2.04. The lowest BCUT2D eigenvalue weighted by Gasteiger charge is -2.12. The van der Waals surface area contributed by atoms with Crippen LogP contribution >= 0.6 is 11.5 Å². The maximum absolute atomic E-state index is 13.1. The van der Waals surface area contributed by atoms with Gasteiger partial charge in [-0.2, -0.15) is 4.37 Å². The summed E-state index contributed by atoms with van der Waals surface area (Å²) in [7, 11) is 4.77. The van der Waals surface area contributed by atoms with Gasteiger partial charge < -0.3 is 14.2 Å². The Kier molecular flexibility index (Phi) is 4.66. The van der Waals surface area contributed by atoms with E-state index in [1.54, 1.807) is 39.5 Å². The van der Waals surface area contributed by atoms with Crippen molar-refractivity contribution in [2.45, 2.75) is 0 Å². The molecule has 1 heterocycles. The van der Waals surface area contributed by atoms with Crippen molar-refractivity contribution >= 4 is 11.5 Å². The molecular weight excluding hydrogens is 329 g/mol. The number of benzene rings is 2. The molecule has 0 aliphatic heterocycles. The maximum atomic E-state index is 13.1. The summed E-state index contributed by atoms with van der Waals surface area (Å²) in [6.45, 7) is 0. The summed E-state index contributed by atoms with van der Waals surface area (Å²) >= 11 is 1.34. The highest BCUT2D eigenvalue weighted by Gasteiger charge is 2.16. The van der Waals surface area contributed by atoms with Gasteiger partial charge in [-0.3, -0.25) is 0 Å². The van der Waals surface area contributed by atoms with Crippen LogP contribution in [-0.4, -0.2) is 25.7 Å². The van der Waals surface area contributed by atoms with Crippen molar-refractivity contribution in [2.24, 2.45) is 0 Å². The fourth-order valence-electron chi connectivity index (χ4n) is 2.38. The Morgan fingerprint density at radius 3 is 2.08 bits per heavy atom. The first-order valence-corrected chi connectivity index (χ1v) is 7.96. The number of rotatable bonds is 5. The number of methoxy groups -OCH3 is 3. The SMILES string of the molecule is COc1cc(OC)c(-c2cc(-c3ccc(F)cc3)ns2)cc1OC. The van der Waals surface area contributed by atoms with Gasteiger partial charge >= 0.3 is 0 Å². The fourth-order valence-corrected chi connectivity index (χ4v) is 3.16. The van der Waals surface area contributed by atoms with Crippen molar-refractivity contribution in [2.75, 3.05) is 21.3 Å². The van der Waals surface area contributed by atoms with E-state index < -0.39 is 0 Å². The van der Waals surface area contributed by atoms with Crippen LogP contribution in [0.15, 0.2) is 42.5 Å². The van der Waals surface area contributed by atoms with E-state index in [1.165, 1.54) is 23.7 Å². The van der Waals surface area contributed by atoms with Crippen molar-refractivity contribution < 1.29 is 18.6 Å². The molecule has 0 radical (unpaired) electrons. The van der Waals surface area contributed by atoms with Gasteiger partial charge in [0.1, 0.15) is 11.6 Å². The summed E-state index contributed by atoms with van der Waals surface area (Å²) in [6.07, 6.45) is 0. The van der Waals surface area contributed by atoms with Gasteiger partial charge in [-0.15, -0.1) is 0 Å². The molecule has 3 rings (SSSR count). The Morgan fingerprint density at radius 1 is 0.833 bits per heavy atom. The summed E-state index contributed by atoms with van der Waals surface area (Å²) in [5, 5.41) is 0. The molecule has 0 aliphatic carbocycles. The standard InChI is InChI=1S/C18H16FNO3S/c1-21-15-10-17(23-3)16(22-2)8-13(15)18-9-14(20-24-18)11-4-6-12(19)7-5-11/h4-10H,1-3H3. The monoisotopic (exact) mass is 345 g/mol. The quantitative estimate of drug-likeness (QED) is 0.675. The lowest BCUT2D eigenvalue weighted by molar-refractivity contribution is 0.349. The molecule has 0 unspecified atom stereocenters. The fraction of sp³-hybridized carbons (Fsp3) is 0.167. The average molecular weight is 345 g/mol. The van der Waals surface area contributed by atoms with Crippen molar-refractivity contribution in [1.82, 2.24) is 4.37 Å². The average Bonchev–Trinajstić information content (AvgIpc) is 3.11. The van der Waals surface area contributed by atoms with Gasteiger partial charge in [0.15, 0.2) is 11.5 Å². The predicted molar refractivity (Wildman–Crippen MR) is 92.6 cm³/mol. The zero-order valence-corrected chi connectivity index (χ0v) is 14.3. The molecule has 0 saturated heterocycles. The van der Waals surface area contributed by atoms with Gasteiger partial charge in [-0.05, 0) is 47.9 Å². The molecule has 6 heteroatoms. The van der Waals surface area contributed by atoms with E-state index in [-0.39, 0.29) is 5.82 Å². The van der Waals surface area contributed by atoms with Crippen LogP contribution in [0.4, 0.5) is 4.39 Å². The second kappa shape index (κ2) is 6.88. The van der Waals surface area contributed by atoms with E-state index in [2.05, 4.69) is 4.37 Å². The van der Waals surface area contributed by atoms with Gasteiger partial charge in [0.2, 0.25) is 0 Å². The highest BCUT2D eigenvalue weighted by atomic mass is 32.1. The highest BCUT2D eigenvalue weighted by Crippen LogP contribution is 2.42. The van der Waals surface area contributed by atoms with E-state index in [9.17, 15) is 4.39 Å². The molecular formula is C18H16FNO3S. The van der Waals surface area contributed by atoms with Crippen molar-refractivity contribution in [1.29, 1.82) is 0 Å². The minimum Gasteiger partial charge on any atom is -0.496 e. The van der Waals surface area contributed by atoms with Gasteiger partial charge in [0.25, 0.3) is 0 Å². The smallest absolute Gasteiger partial charge is 0.164 e. The number of hydrogen-bond acceptors (Lipinski definition) is 5. The second-order valence-electron chi connectivity index (χ2n) is 4.99. The maximum Gasteiger partial charge on any atom is 0.164 e. The van der Waals surface area contributed by atoms with E-state index in [0.29, 0.717) is 17.2 Å². The second-order valence-corrected chi connectivity index (χ2v) is 5.80. The summed E-state index contributed by atoms with van der Waals surface area (Å²) in [5.74, 6) is 1.61. The first kappa shape index (κ1) is 16.3. The summed E-state index contributed by atoms with van der Waals surface area (Å²) < 4.78 is 33.7. The Hall–Kier alpha value is -2.60. The topological polar surface area (TPSA) is 40.6 Å². The molecule has 2 aromatic carbocycles. The van der Waals surface area contributed by atoms with E-state index in [4.69, 9.17) is 14.2 Å². The molecule has 3 aromatic rings. The zero-order chi connectivity index (χ0) is 17.1. The van der Waals surface area contributed by atoms with Crippen LogP contribution < -0.4 is 14.2 Å². The van der Waals surface area contributed by atoms with Gasteiger partial charge in [0, 0.05) is 17.2 Å². The normalized spacial score (nSPS) is 10.5.